The third-order valence-corrected chi connectivity index (χ3v) is 8.50. The van der Waals surface area contributed by atoms with Crippen LogP contribution in [0.4, 0.5) is 4.39 Å². The Morgan fingerprint density at radius 3 is 2.71 bits per heavy atom. The first-order valence-electron chi connectivity index (χ1n) is 12.4. The molecule has 1 saturated carbocycles. The molecule has 3 fully saturated rings. The van der Waals surface area contributed by atoms with E-state index in [1.165, 1.54) is 17.4 Å². The molecule has 3 aliphatic rings. The van der Waals surface area contributed by atoms with E-state index < -0.39 is 11.7 Å². The lowest BCUT2D eigenvalue weighted by molar-refractivity contribution is -0.122. The number of rotatable bonds is 8. The average molecular weight is 496 g/mol. The molecule has 2 bridgehead atoms. The monoisotopic (exact) mass is 495 g/mol. The van der Waals surface area contributed by atoms with E-state index in [1.807, 2.05) is 11.4 Å². The highest BCUT2D eigenvalue weighted by molar-refractivity contribution is 7.12. The first-order chi connectivity index (χ1) is 17.0. The Labute approximate surface area is 208 Å². The van der Waals surface area contributed by atoms with Gasteiger partial charge in [0.2, 0.25) is 0 Å². The van der Waals surface area contributed by atoms with Crippen LogP contribution in [0, 0.1) is 29.0 Å². The summed E-state index contributed by atoms with van der Waals surface area (Å²) in [5.41, 5.74) is 1.90. The molecule has 0 spiro atoms. The van der Waals surface area contributed by atoms with E-state index >= 15 is 0 Å². The summed E-state index contributed by atoms with van der Waals surface area (Å²) in [6.07, 6.45) is 5.22. The summed E-state index contributed by atoms with van der Waals surface area (Å²) < 4.78 is 20.3. The fourth-order valence-corrected chi connectivity index (χ4v) is 6.43. The molecule has 2 N–H and O–H groups in total. The van der Waals surface area contributed by atoms with Crippen molar-refractivity contribution in [2.24, 2.45) is 11.8 Å². The summed E-state index contributed by atoms with van der Waals surface area (Å²) in [5.74, 6) is -0.599. The maximum absolute atomic E-state index is 15.0. The number of carbonyl (C=O) groups excluding carboxylic acids is 2. The van der Waals surface area contributed by atoms with Crippen LogP contribution in [0.5, 0.6) is 0 Å². The first-order valence-corrected chi connectivity index (χ1v) is 13.3. The number of fused-ring (bicyclic) bond motifs is 2. The summed E-state index contributed by atoms with van der Waals surface area (Å²) in [5, 5.41) is 17.9. The van der Waals surface area contributed by atoms with E-state index in [0.29, 0.717) is 41.2 Å². The Morgan fingerprint density at radius 2 is 2.03 bits per heavy atom. The molecule has 3 heterocycles. The van der Waals surface area contributed by atoms with Crippen LogP contribution in [0.15, 0.2) is 29.6 Å². The van der Waals surface area contributed by atoms with E-state index in [0.717, 1.165) is 37.7 Å². The quantitative estimate of drug-likeness (QED) is 0.572. The number of halogens is 1. The van der Waals surface area contributed by atoms with Gasteiger partial charge in [-0.05, 0) is 78.6 Å². The molecule has 1 aromatic heterocycles. The second-order valence-corrected chi connectivity index (χ2v) is 10.9. The van der Waals surface area contributed by atoms with Crippen LogP contribution in [-0.2, 0) is 16.0 Å². The Kier molecular flexibility index (Phi) is 7.28. The lowest BCUT2D eigenvalue weighted by atomic mass is 9.88. The normalized spacial score (nSPS) is 24.7. The molecule has 1 aliphatic carbocycles. The zero-order valence-electron chi connectivity index (χ0n) is 19.6. The molecule has 184 valence electrons. The summed E-state index contributed by atoms with van der Waals surface area (Å²) in [6, 6.07) is 9.36. The number of carbonyl (C=O) groups is 2. The van der Waals surface area contributed by atoms with Crippen LogP contribution in [-0.4, -0.2) is 43.0 Å². The maximum Gasteiger partial charge on any atom is 0.261 e. The summed E-state index contributed by atoms with van der Waals surface area (Å²) >= 11 is 1.34. The largest absolute Gasteiger partial charge is 0.381 e. The predicted octanol–water partition coefficient (Wildman–Crippen LogP) is 4.24. The Balaban J connectivity index is 1.20. The van der Waals surface area contributed by atoms with Gasteiger partial charge in [-0.2, -0.15) is 5.26 Å². The Morgan fingerprint density at radius 1 is 1.20 bits per heavy atom. The number of benzene rings is 1. The highest BCUT2D eigenvalue weighted by Crippen LogP contribution is 2.36. The molecule has 5 rings (SSSR count). The highest BCUT2D eigenvalue weighted by atomic mass is 32.1. The molecular weight excluding hydrogens is 465 g/mol. The smallest absolute Gasteiger partial charge is 0.261 e. The van der Waals surface area contributed by atoms with Gasteiger partial charge in [0, 0.05) is 31.7 Å². The van der Waals surface area contributed by atoms with Crippen molar-refractivity contribution >= 4 is 23.0 Å². The highest BCUT2D eigenvalue weighted by Gasteiger charge is 2.42. The number of ketones is 1. The van der Waals surface area contributed by atoms with Crippen molar-refractivity contribution in [1.82, 2.24) is 10.6 Å². The van der Waals surface area contributed by atoms with Crippen molar-refractivity contribution in [3.8, 4) is 17.2 Å². The molecule has 4 atom stereocenters. The Bertz CT molecular complexity index is 1140. The molecule has 1 amide bonds. The van der Waals surface area contributed by atoms with Crippen LogP contribution >= 0.6 is 11.3 Å². The molecular formula is C27H30FN3O3S. The van der Waals surface area contributed by atoms with E-state index in [4.69, 9.17) is 4.74 Å². The van der Waals surface area contributed by atoms with Gasteiger partial charge in [0.15, 0.2) is 5.78 Å². The molecule has 0 radical (unpaired) electrons. The molecule has 2 saturated heterocycles. The van der Waals surface area contributed by atoms with Crippen molar-refractivity contribution in [2.45, 2.75) is 63.1 Å². The second-order valence-electron chi connectivity index (χ2n) is 9.98. The number of nitriles is 1. The van der Waals surface area contributed by atoms with Gasteiger partial charge in [0.05, 0.1) is 22.9 Å². The molecule has 2 aliphatic heterocycles. The number of ether oxygens (including phenoxy) is 1. The Hall–Kier alpha value is -2.60. The van der Waals surface area contributed by atoms with Crippen LogP contribution in [0.3, 0.4) is 0 Å². The lowest BCUT2D eigenvalue weighted by Crippen LogP contribution is -2.42. The van der Waals surface area contributed by atoms with Gasteiger partial charge in [-0.15, -0.1) is 11.3 Å². The minimum absolute atomic E-state index is 0.0746. The number of amides is 1. The minimum atomic E-state index is -0.551. The molecule has 0 unspecified atom stereocenters. The molecule has 1 aromatic carbocycles. The van der Waals surface area contributed by atoms with Crippen molar-refractivity contribution < 1.29 is 18.7 Å². The topological polar surface area (TPSA) is 91.2 Å². The maximum atomic E-state index is 15.0. The van der Waals surface area contributed by atoms with Gasteiger partial charge < -0.3 is 15.4 Å². The fraction of sp³-hybridized carbons (Fsp3) is 0.519. The first kappa shape index (κ1) is 24.1. The SMILES string of the molecule is N#C[C@@H](CC(=O)[C@H]1N[C@@H]2CC[C@H]1C2)Cc1ccc(-c2csc(C(=O)NC3CCOCC3)c2)cc1F. The zero-order chi connectivity index (χ0) is 24.4. The average Bonchev–Trinajstić information content (AvgIpc) is 3.63. The number of nitrogens with zero attached hydrogens (tertiary/aromatic N) is 1. The number of nitrogens with one attached hydrogen (secondary N) is 2. The van der Waals surface area contributed by atoms with Crippen LogP contribution in [0.25, 0.3) is 11.1 Å². The van der Waals surface area contributed by atoms with E-state index in [1.54, 1.807) is 12.1 Å². The van der Waals surface area contributed by atoms with Crippen molar-refractivity contribution in [2.75, 3.05) is 13.2 Å². The number of Topliss-reactive ketones (excluding diaryl/α,β-unsaturated/α-hetero) is 1. The van der Waals surface area contributed by atoms with Gasteiger partial charge in [-0.1, -0.05) is 12.1 Å². The van der Waals surface area contributed by atoms with E-state index in [9.17, 15) is 19.2 Å². The van der Waals surface area contributed by atoms with Crippen molar-refractivity contribution in [1.29, 1.82) is 5.26 Å². The standard InChI is InChI=1S/C27H30FN3O3S/c28-23-12-17(20-13-25(35-15-20)27(33)31-21-5-7-34-8-6-21)1-2-18(23)9-16(14-29)10-24(32)26-19-3-4-22(11-19)30-26/h1-2,12-13,15-16,19,21-22,26,30H,3-11H2,(H,31,33)/t16-,19+,22-,26+/m1/s1. The predicted molar refractivity (Wildman–Crippen MR) is 132 cm³/mol. The minimum Gasteiger partial charge on any atom is -0.381 e. The zero-order valence-corrected chi connectivity index (χ0v) is 20.4. The van der Waals surface area contributed by atoms with Gasteiger partial charge in [-0.3, -0.25) is 9.59 Å². The third-order valence-electron chi connectivity index (χ3n) is 7.57. The number of hydrogen-bond acceptors (Lipinski definition) is 6. The molecule has 35 heavy (non-hydrogen) atoms. The third kappa shape index (κ3) is 5.48. The van der Waals surface area contributed by atoms with Gasteiger partial charge in [0.25, 0.3) is 5.91 Å². The molecule has 2 aromatic rings. The fourth-order valence-electron chi connectivity index (χ4n) is 5.61. The van der Waals surface area contributed by atoms with Gasteiger partial charge in [0.1, 0.15) is 5.82 Å². The van der Waals surface area contributed by atoms with Crippen molar-refractivity contribution in [3.05, 3.63) is 45.9 Å². The van der Waals surface area contributed by atoms with Crippen LogP contribution in [0.2, 0.25) is 0 Å². The van der Waals surface area contributed by atoms with E-state index in [2.05, 4.69) is 16.7 Å². The number of thiophene rings is 1. The summed E-state index contributed by atoms with van der Waals surface area (Å²) in [6.45, 7) is 1.32. The molecule has 6 nitrogen and oxygen atoms in total. The van der Waals surface area contributed by atoms with Crippen LogP contribution < -0.4 is 10.6 Å². The molecule has 8 heteroatoms. The van der Waals surface area contributed by atoms with Crippen molar-refractivity contribution in [3.63, 3.8) is 0 Å². The van der Waals surface area contributed by atoms with Gasteiger partial charge in [-0.25, -0.2) is 4.39 Å². The number of hydrogen-bond donors (Lipinski definition) is 2. The number of piperidine rings is 1. The summed E-state index contributed by atoms with van der Waals surface area (Å²) in [7, 11) is 0. The summed E-state index contributed by atoms with van der Waals surface area (Å²) in [4.78, 5) is 25.9. The van der Waals surface area contributed by atoms with Crippen LogP contribution in [0.1, 0.15) is 53.8 Å². The van der Waals surface area contributed by atoms with Gasteiger partial charge >= 0.3 is 0 Å². The second kappa shape index (κ2) is 10.6. The van der Waals surface area contributed by atoms with E-state index in [-0.39, 0.29) is 36.6 Å². The lowest BCUT2D eigenvalue weighted by Gasteiger charge is -2.22.